The Hall–Kier alpha value is -2.87. The van der Waals surface area contributed by atoms with Crippen LogP contribution in [0.25, 0.3) is 10.2 Å². The molecule has 0 bridgehead atoms. The number of carbonyl (C=O) groups is 1. The fraction of sp³-hybridized carbons (Fsp3) is 0.308. The summed E-state index contributed by atoms with van der Waals surface area (Å²) in [5.74, 6) is 1.29. The number of nitrogens with zero attached hydrogens (tertiary/aromatic N) is 4. The van der Waals surface area contributed by atoms with Gasteiger partial charge in [0.05, 0.1) is 26.4 Å². The normalized spacial score (nSPS) is 14.6. The number of rotatable bonds is 6. The van der Waals surface area contributed by atoms with Gasteiger partial charge in [0.2, 0.25) is 0 Å². The number of likely N-dealkylation sites (tertiary alicyclic amines) is 1. The lowest BCUT2D eigenvalue weighted by Crippen LogP contribution is -2.40. The van der Waals surface area contributed by atoms with Crippen LogP contribution in [0.15, 0.2) is 54.2 Å². The van der Waals surface area contributed by atoms with Crippen molar-refractivity contribution < 1.29 is 4.79 Å². The highest BCUT2D eigenvalue weighted by Gasteiger charge is 2.23. The molecule has 6 nitrogen and oxygen atoms in total. The Morgan fingerprint density at radius 3 is 2.74 bits per heavy atom. The van der Waals surface area contributed by atoms with Gasteiger partial charge in [0.25, 0.3) is 5.91 Å². The summed E-state index contributed by atoms with van der Waals surface area (Å²) in [4.78, 5) is 28.5. The summed E-state index contributed by atoms with van der Waals surface area (Å²) in [5, 5.41) is 0.554. The van der Waals surface area contributed by atoms with E-state index in [0.717, 1.165) is 53.0 Å². The third kappa shape index (κ3) is 5.12. The van der Waals surface area contributed by atoms with Gasteiger partial charge in [0.15, 0.2) is 0 Å². The molecule has 5 rings (SSSR count). The maximum atomic E-state index is 13.0. The zero-order chi connectivity index (χ0) is 23.5. The largest absolute Gasteiger partial charge is 0.339 e. The van der Waals surface area contributed by atoms with Crippen molar-refractivity contribution in [1.82, 2.24) is 19.9 Å². The second-order valence-electron chi connectivity index (χ2n) is 8.76. The summed E-state index contributed by atoms with van der Waals surface area (Å²) in [7, 11) is 0. The Balaban J connectivity index is 1.30. The van der Waals surface area contributed by atoms with E-state index < -0.39 is 0 Å². The number of amides is 1. The Labute approximate surface area is 207 Å². The molecule has 8 heteroatoms. The first-order chi connectivity index (χ1) is 16.6. The topological polar surface area (TPSA) is 85.0 Å². The zero-order valence-electron chi connectivity index (χ0n) is 18.8. The van der Waals surface area contributed by atoms with Gasteiger partial charge in [-0.15, -0.1) is 11.3 Å². The molecule has 0 unspecified atom stereocenters. The van der Waals surface area contributed by atoms with Crippen LogP contribution in [0.4, 0.5) is 0 Å². The summed E-state index contributed by atoms with van der Waals surface area (Å²) in [6.07, 6.45) is 4.77. The minimum Gasteiger partial charge on any atom is -0.339 e. The molecule has 2 aromatic heterocycles. The summed E-state index contributed by atoms with van der Waals surface area (Å²) in [6, 6.07) is 14.0. The quantitative estimate of drug-likeness (QED) is 0.421. The van der Waals surface area contributed by atoms with Gasteiger partial charge in [-0.2, -0.15) is 0 Å². The van der Waals surface area contributed by atoms with Gasteiger partial charge < -0.3 is 10.6 Å². The van der Waals surface area contributed by atoms with Crippen molar-refractivity contribution in [3.05, 3.63) is 87.4 Å². The van der Waals surface area contributed by atoms with Gasteiger partial charge in [-0.1, -0.05) is 29.8 Å². The predicted molar refractivity (Wildman–Crippen MR) is 136 cm³/mol. The Kier molecular flexibility index (Phi) is 6.85. The average molecular weight is 492 g/mol. The van der Waals surface area contributed by atoms with Crippen molar-refractivity contribution in [3.63, 3.8) is 0 Å². The summed E-state index contributed by atoms with van der Waals surface area (Å²) >= 11 is 8.05. The molecular weight excluding hydrogens is 466 g/mol. The number of benzene rings is 2. The van der Waals surface area contributed by atoms with E-state index in [9.17, 15) is 4.79 Å². The molecule has 0 aliphatic carbocycles. The van der Waals surface area contributed by atoms with Gasteiger partial charge in [-0.3, -0.25) is 4.79 Å². The van der Waals surface area contributed by atoms with Gasteiger partial charge in [0.1, 0.15) is 5.82 Å². The van der Waals surface area contributed by atoms with Crippen LogP contribution in [0.2, 0.25) is 5.02 Å². The number of hydrogen-bond acceptors (Lipinski definition) is 6. The molecule has 1 aliphatic heterocycles. The van der Waals surface area contributed by atoms with Crippen LogP contribution in [0, 0.1) is 5.92 Å². The van der Waals surface area contributed by atoms with E-state index in [1.165, 1.54) is 0 Å². The monoisotopic (exact) mass is 491 g/mol. The highest BCUT2D eigenvalue weighted by atomic mass is 35.5. The van der Waals surface area contributed by atoms with Crippen molar-refractivity contribution >= 4 is 39.1 Å². The zero-order valence-corrected chi connectivity index (χ0v) is 20.4. The fourth-order valence-corrected chi connectivity index (χ4v) is 5.31. The molecule has 0 saturated carbocycles. The molecule has 174 valence electrons. The number of halogens is 1. The number of nitrogens with two attached hydrogens (primary N) is 1. The molecule has 1 saturated heterocycles. The van der Waals surface area contributed by atoms with Gasteiger partial charge >= 0.3 is 0 Å². The van der Waals surface area contributed by atoms with E-state index in [1.807, 2.05) is 40.7 Å². The van der Waals surface area contributed by atoms with Gasteiger partial charge in [0, 0.05) is 37.7 Å². The third-order valence-electron chi connectivity index (χ3n) is 6.41. The highest BCUT2D eigenvalue weighted by molar-refractivity contribution is 7.16. The Morgan fingerprint density at radius 1 is 1.09 bits per heavy atom. The van der Waals surface area contributed by atoms with Crippen LogP contribution in [-0.4, -0.2) is 45.4 Å². The van der Waals surface area contributed by atoms with E-state index in [2.05, 4.69) is 22.1 Å². The van der Waals surface area contributed by atoms with Crippen LogP contribution in [-0.2, 0) is 12.8 Å². The molecule has 1 aliphatic rings. The Morgan fingerprint density at radius 2 is 1.91 bits per heavy atom. The lowest BCUT2D eigenvalue weighted by molar-refractivity contribution is 0.0693. The molecule has 3 heterocycles. The van der Waals surface area contributed by atoms with Gasteiger partial charge in [-0.05, 0) is 60.7 Å². The Bertz CT molecular complexity index is 1320. The number of carbonyl (C=O) groups excluding carboxylic acids is 1. The van der Waals surface area contributed by atoms with Crippen molar-refractivity contribution in [1.29, 1.82) is 0 Å². The highest BCUT2D eigenvalue weighted by Crippen LogP contribution is 2.23. The van der Waals surface area contributed by atoms with Crippen LogP contribution >= 0.6 is 22.9 Å². The minimum atomic E-state index is 0.0773. The third-order valence-corrected chi connectivity index (χ3v) is 7.51. The summed E-state index contributed by atoms with van der Waals surface area (Å²) in [6.45, 7) is 2.23. The van der Waals surface area contributed by atoms with Crippen LogP contribution in [0.5, 0.6) is 0 Å². The summed E-state index contributed by atoms with van der Waals surface area (Å²) in [5.41, 5.74) is 12.3. The van der Waals surface area contributed by atoms with E-state index in [4.69, 9.17) is 22.3 Å². The summed E-state index contributed by atoms with van der Waals surface area (Å²) < 4.78 is 1.15. The first-order valence-electron chi connectivity index (χ1n) is 11.5. The maximum Gasteiger partial charge on any atom is 0.253 e. The number of fused-ring (bicyclic) bond motifs is 1. The SMILES string of the molecule is NCC1CCN(C(=O)c2cccc(Cc3ncc(Cl)c(Cc4ccc5ncsc5c4)n3)c2)CC1. The first kappa shape index (κ1) is 22.9. The van der Waals surface area contributed by atoms with Crippen LogP contribution in [0.3, 0.4) is 0 Å². The molecular formula is C26H26ClN5OS. The van der Waals surface area contributed by atoms with Crippen molar-refractivity contribution in [2.24, 2.45) is 11.7 Å². The maximum absolute atomic E-state index is 13.0. The van der Waals surface area contributed by atoms with E-state index in [0.29, 0.717) is 41.7 Å². The second kappa shape index (κ2) is 10.2. The minimum absolute atomic E-state index is 0.0773. The molecule has 0 atom stereocenters. The lowest BCUT2D eigenvalue weighted by atomic mass is 9.96. The van der Waals surface area contributed by atoms with Crippen molar-refractivity contribution in [2.75, 3.05) is 19.6 Å². The molecule has 4 aromatic rings. The van der Waals surface area contributed by atoms with Crippen LogP contribution in [0.1, 0.15) is 45.8 Å². The van der Waals surface area contributed by atoms with Crippen molar-refractivity contribution in [2.45, 2.75) is 25.7 Å². The first-order valence-corrected chi connectivity index (χ1v) is 12.8. The number of aromatic nitrogens is 3. The number of piperidine rings is 1. The second-order valence-corrected chi connectivity index (χ2v) is 10.1. The molecule has 34 heavy (non-hydrogen) atoms. The van der Waals surface area contributed by atoms with Gasteiger partial charge in [-0.25, -0.2) is 15.0 Å². The molecule has 2 aromatic carbocycles. The number of thiazole rings is 1. The molecule has 0 radical (unpaired) electrons. The average Bonchev–Trinajstić information content (AvgIpc) is 3.34. The molecule has 1 amide bonds. The van der Waals surface area contributed by atoms with Crippen LogP contribution < -0.4 is 5.73 Å². The molecule has 0 spiro atoms. The lowest BCUT2D eigenvalue weighted by Gasteiger charge is -2.31. The molecule has 1 fully saturated rings. The molecule has 2 N–H and O–H groups in total. The van der Waals surface area contributed by atoms with E-state index in [-0.39, 0.29) is 5.91 Å². The number of hydrogen-bond donors (Lipinski definition) is 1. The smallest absolute Gasteiger partial charge is 0.253 e. The predicted octanol–water partition coefficient (Wildman–Crippen LogP) is 4.73. The van der Waals surface area contributed by atoms with E-state index >= 15 is 0 Å². The van der Waals surface area contributed by atoms with E-state index in [1.54, 1.807) is 17.5 Å². The van der Waals surface area contributed by atoms with Crippen molar-refractivity contribution in [3.8, 4) is 0 Å². The fourth-order valence-electron chi connectivity index (χ4n) is 4.41. The standard InChI is InChI=1S/C26H26ClN5OS/c27-21-15-29-25(31-23(21)11-19-4-5-22-24(12-19)34-16-30-22)13-18-2-1-3-20(10-18)26(33)32-8-6-17(14-28)7-9-32/h1-5,10,12,15-17H,6-9,11,13-14,28H2.